The van der Waals surface area contributed by atoms with Crippen LogP contribution in [0.15, 0.2) is 0 Å². The average molecular weight is 254 g/mol. The minimum atomic E-state index is -0.865. The van der Waals surface area contributed by atoms with Crippen molar-refractivity contribution in [2.75, 3.05) is 32.7 Å². The summed E-state index contributed by atoms with van der Waals surface area (Å²) in [6, 6.07) is 1.87. The molecular weight excluding hydrogens is 236 g/mol. The number of nitriles is 1. The highest BCUT2D eigenvalue weighted by Crippen LogP contribution is 2.01. The summed E-state index contributed by atoms with van der Waals surface area (Å²) >= 11 is 0. The molecular formula is C11H18N4O3. The van der Waals surface area contributed by atoms with E-state index >= 15 is 0 Å². The Morgan fingerprint density at radius 3 is 3.00 bits per heavy atom. The van der Waals surface area contributed by atoms with E-state index in [2.05, 4.69) is 16.7 Å². The van der Waals surface area contributed by atoms with Crippen LogP contribution in [0.2, 0.25) is 0 Å². The van der Waals surface area contributed by atoms with Gasteiger partial charge in [-0.1, -0.05) is 0 Å². The Bertz CT molecular complexity index is 340. The fourth-order valence-corrected chi connectivity index (χ4v) is 1.77. The van der Waals surface area contributed by atoms with Gasteiger partial charge in [0, 0.05) is 32.6 Å². The number of rotatable bonds is 6. The molecule has 0 spiro atoms. The van der Waals surface area contributed by atoms with E-state index < -0.39 is 5.97 Å². The molecule has 1 aliphatic rings. The van der Waals surface area contributed by atoms with E-state index in [9.17, 15) is 9.59 Å². The Balaban J connectivity index is 2.22. The number of carboxylic acids is 1. The lowest BCUT2D eigenvalue weighted by molar-refractivity contribution is -0.137. The third kappa shape index (κ3) is 5.12. The largest absolute Gasteiger partial charge is 0.481 e. The van der Waals surface area contributed by atoms with E-state index in [-0.39, 0.29) is 24.9 Å². The lowest BCUT2D eigenvalue weighted by atomic mass is 10.2. The van der Waals surface area contributed by atoms with Crippen LogP contribution < -0.4 is 10.6 Å². The molecule has 0 saturated carbocycles. The van der Waals surface area contributed by atoms with E-state index in [4.69, 9.17) is 10.4 Å². The zero-order valence-electron chi connectivity index (χ0n) is 10.2. The molecule has 1 heterocycles. The molecule has 0 radical (unpaired) electrons. The summed E-state index contributed by atoms with van der Waals surface area (Å²) in [6.45, 7) is 2.55. The maximum Gasteiger partial charge on any atom is 0.303 e. The summed E-state index contributed by atoms with van der Waals surface area (Å²) in [5.41, 5.74) is 0. The van der Waals surface area contributed by atoms with Crippen molar-refractivity contribution in [1.82, 2.24) is 15.5 Å². The summed E-state index contributed by atoms with van der Waals surface area (Å²) in [7, 11) is 0. The van der Waals surface area contributed by atoms with Crippen LogP contribution in [0, 0.1) is 11.3 Å². The van der Waals surface area contributed by atoms with Gasteiger partial charge in [-0.05, 0) is 6.42 Å². The van der Waals surface area contributed by atoms with E-state index in [1.807, 2.05) is 4.90 Å². The second kappa shape index (κ2) is 7.63. The molecule has 0 bridgehead atoms. The fraction of sp³-hybridized carbons (Fsp3) is 0.727. The first-order chi connectivity index (χ1) is 8.63. The Morgan fingerprint density at radius 2 is 2.33 bits per heavy atom. The van der Waals surface area contributed by atoms with Gasteiger partial charge < -0.3 is 15.7 Å². The summed E-state index contributed by atoms with van der Waals surface area (Å²) in [6.07, 6.45) is 0.471. The highest BCUT2D eigenvalue weighted by molar-refractivity contribution is 5.78. The third-order valence-electron chi connectivity index (χ3n) is 2.74. The zero-order valence-corrected chi connectivity index (χ0v) is 10.2. The third-order valence-corrected chi connectivity index (χ3v) is 2.74. The fourth-order valence-electron chi connectivity index (χ4n) is 1.77. The van der Waals surface area contributed by atoms with Gasteiger partial charge in [0.05, 0.1) is 12.6 Å². The summed E-state index contributed by atoms with van der Waals surface area (Å²) in [5.74, 6) is -1.03. The van der Waals surface area contributed by atoms with E-state index in [1.54, 1.807) is 0 Å². The van der Waals surface area contributed by atoms with E-state index in [1.165, 1.54) is 0 Å². The number of piperazine rings is 1. The number of aliphatic carboxylic acids is 1. The topological polar surface area (TPSA) is 105 Å². The highest BCUT2D eigenvalue weighted by Gasteiger charge is 2.23. The number of hydrogen-bond acceptors (Lipinski definition) is 5. The minimum Gasteiger partial charge on any atom is -0.481 e. The SMILES string of the molecule is N#CC1CNCCN1CC(=O)NCCCC(=O)O. The molecule has 100 valence electrons. The Hall–Kier alpha value is -1.65. The van der Waals surface area contributed by atoms with Crippen molar-refractivity contribution in [2.45, 2.75) is 18.9 Å². The first-order valence-corrected chi connectivity index (χ1v) is 5.96. The van der Waals surface area contributed by atoms with Gasteiger partial charge in [0.25, 0.3) is 0 Å². The summed E-state index contributed by atoms with van der Waals surface area (Å²) in [4.78, 5) is 23.7. The number of amides is 1. The normalized spacial score (nSPS) is 20.1. The molecule has 18 heavy (non-hydrogen) atoms. The van der Waals surface area contributed by atoms with Crippen molar-refractivity contribution < 1.29 is 14.7 Å². The summed E-state index contributed by atoms with van der Waals surface area (Å²) < 4.78 is 0. The van der Waals surface area contributed by atoms with Gasteiger partial charge in [0.1, 0.15) is 6.04 Å². The second-order valence-electron chi connectivity index (χ2n) is 4.17. The van der Waals surface area contributed by atoms with Gasteiger partial charge in [0.15, 0.2) is 0 Å². The standard InChI is InChI=1S/C11H18N4O3/c12-6-9-7-13-4-5-15(9)8-10(16)14-3-1-2-11(17)18/h9,13H,1-5,7-8H2,(H,14,16)(H,17,18). The number of hydrogen-bond donors (Lipinski definition) is 3. The first-order valence-electron chi connectivity index (χ1n) is 5.96. The number of carbonyl (C=O) groups excluding carboxylic acids is 1. The van der Waals surface area contributed by atoms with Gasteiger partial charge in [-0.2, -0.15) is 5.26 Å². The smallest absolute Gasteiger partial charge is 0.303 e. The van der Waals surface area contributed by atoms with Crippen molar-refractivity contribution in [3.8, 4) is 6.07 Å². The van der Waals surface area contributed by atoms with Crippen molar-refractivity contribution in [1.29, 1.82) is 5.26 Å². The molecule has 3 N–H and O–H groups in total. The number of nitrogens with zero attached hydrogens (tertiary/aromatic N) is 2. The van der Waals surface area contributed by atoms with E-state index in [0.29, 0.717) is 26.1 Å². The van der Waals surface area contributed by atoms with Crippen LogP contribution in [0.3, 0.4) is 0 Å². The van der Waals surface area contributed by atoms with Crippen molar-refractivity contribution >= 4 is 11.9 Å². The van der Waals surface area contributed by atoms with Crippen LogP contribution in [0.4, 0.5) is 0 Å². The van der Waals surface area contributed by atoms with Gasteiger partial charge in [-0.15, -0.1) is 0 Å². The molecule has 1 atom stereocenters. The molecule has 0 aromatic rings. The molecule has 1 amide bonds. The molecule has 0 aliphatic carbocycles. The monoisotopic (exact) mass is 254 g/mol. The molecule has 7 nitrogen and oxygen atoms in total. The van der Waals surface area contributed by atoms with Crippen molar-refractivity contribution in [3.05, 3.63) is 0 Å². The molecule has 1 fully saturated rings. The highest BCUT2D eigenvalue weighted by atomic mass is 16.4. The van der Waals surface area contributed by atoms with Gasteiger partial charge in [-0.3, -0.25) is 14.5 Å². The molecule has 0 aromatic carbocycles. The predicted molar refractivity (Wildman–Crippen MR) is 63.7 cm³/mol. The van der Waals surface area contributed by atoms with Gasteiger partial charge in [0.2, 0.25) is 5.91 Å². The quantitative estimate of drug-likeness (QED) is 0.512. The number of carbonyl (C=O) groups is 2. The van der Waals surface area contributed by atoms with Crippen LogP contribution in [0.1, 0.15) is 12.8 Å². The summed E-state index contributed by atoms with van der Waals surface area (Å²) in [5, 5.41) is 23.1. The Morgan fingerprint density at radius 1 is 1.56 bits per heavy atom. The van der Waals surface area contributed by atoms with Gasteiger partial charge in [-0.25, -0.2) is 0 Å². The predicted octanol–water partition coefficient (Wildman–Crippen LogP) is -1.24. The maximum atomic E-state index is 11.6. The lowest BCUT2D eigenvalue weighted by Crippen LogP contribution is -2.53. The Kier molecular flexibility index (Phi) is 6.11. The average Bonchev–Trinajstić information content (AvgIpc) is 2.35. The van der Waals surface area contributed by atoms with Crippen LogP contribution in [0.5, 0.6) is 0 Å². The van der Waals surface area contributed by atoms with Crippen molar-refractivity contribution in [2.24, 2.45) is 0 Å². The molecule has 1 rings (SSSR count). The van der Waals surface area contributed by atoms with Crippen LogP contribution in [-0.4, -0.2) is 60.6 Å². The molecule has 0 aromatic heterocycles. The molecule has 1 saturated heterocycles. The minimum absolute atomic E-state index is 0.0503. The van der Waals surface area contributed by atoms with Crippen molar-refractivity contribution in [3.63, 3.8) is 0 Å². The van der Waals surface area contributed by atoms with Gasteiger partial charge >= 0.3 is 5.97 Å². The molecule has 7 heteroatoms. The molecule has 1 aliphatic heterocycles. The maximum absolute atomic E-state index is 11.6. The van der Waals surface area contributed by atoms with E-state index in [0.717, 1.165) is 6.54 Å². The zero-order chi connectivity index (χ0) is 13.4. The van der Waals surface area contributed by atoms with Crippen LogP contribution in [0.25, 0.3) is 0 Å². The lowest BCUT2D eigenvalue weighted by Gasteiger charge is -2.31. The number of nitrogens with one attached hydrogen (secondary N) is 2. The van der Waals surface area contributed by atoms with Crippen LogP contribution >= 0.6 is 0 Å². The first kappa shape index (κ1) is 14.4. The number of carboxylic acid groups (broad SMARTS) is 1. The Labute approximate surface area is 106 Å². The second-order valence-corrected chi connectivity index (χ2v) is 4.17. The van der Waals surface area contributed by atoms with Crippen LogP contribution in [-0.2, 0) is 9.59 Å². The molecule has 1 unspecified atom stereocenters.